The minimum absolute atomic E-state index is 0.0166. The zero-order valence-corrected chi connectivity index (χ0v) is 13.5. The molecule has 120 valence electrons. The maximum Gasteiger partial charge on any atom is 0.336 e. The SMILES string of the molecule is O=C(O)c1cc(Cl)c(Cl)cc1C(=O)Nc1ccc(S(=O)[O-])cc1. The molecule has 0 heterocycles. The summed E-state index contributed by atoms with van der Waals surface area (Å²) >= 11 is 9.20. The van der Waals surface area contributed by atoms with Crippen molar-refractivity contribution in [2.75, 3.05) is 5.32 Å². The van der Waals surface area contributed by atoms with Crippen molar-refractivity contribution in [2.45, 2.75) is 4.90 Å². The Labute approximate surface area is 143 Å². The molecule has 0 aliphatic rings. The number of anilines is 1. The zero-order valence-electron chi connectivity index (χ0n) is 11.2. The largest absolute Gasteiger partial charge is 0.768 e. The van der Waals surface area contributed by atoms with Gasteiger partial charge in [0.1, 0.15) is 0 Å². The lowest BCUT2D eigenvalue weighted by Gasteiger charge is -2.10. The molecule has 0 bridgehead atoms. The third kappa shape index (κ3) is 4.08. The fraction of sp³-hybridized carbons (Fsp3) is 0. The normalized spacial score (nSPS) is 11.8. The fourth-order valence-electron chi connectivity index (χ4n) is 1.76. The Hall–Kier alpha value is -1.93. The molecule has 6 nitrogen and oxygen atoms in total. The Morgan fingerprint density at radius 3 is 2.04 bits per heavy atom. The van der Waals surface area contributed by atoms with E-state index in [0.717, 1.165) is 12.1 Å². The highest BCUT2D eigenvalue weighted by atomic mass is 35.5. The summed E-state index contributed by atoms with van der Waals surface area (Å²) in [4.78, 5) is 23.5. The second-order valence-corrected chi connectivity index (χ2v) is 6.09. The van der Waals surface area contributed by atoms with Crippen LogP contribution >= 0.6 is 23.2 Å². The standard InChI is InChI=1S/C14H9Cl2NO5S/c15-11-5-9(10(14(19)20)6-12(11)16)13(18)17-7-1-3-8(4-2-7)23(21)22/h1-6H,(H,17,18)(H,19,20)(H,21,22)/p-1. The number of amides is 1. The molecule has 0 saturated carbocycles. The van der Waals surface area contributed by atoms with Crippen LogP contribution in [-0.4, -0.2) is 25.7 Å². The molecule has 1 unspecified atom stereocenters. The molecule has 1 atom stereocenters. The average molecular weight is 373 g/mol. The highest BCUT2D eigenvalue weighted by molar-refractivity contribution is 7.79. The molecule has 0 aromatic heterocycles. The predicted octanol–water partition coefficient (Wildman–Crippen LogP) is 3.18. The molecule has 0 aliphatic carbocycles. The van der Waals surface area contributed by atoms with Crippen LogP contribution in [0, 0.1) is 0 Å². The molecule has 2 rings (SSSR count). The number of halogens is 2. The van der Waals surface area contributed by atoms with Gasteiger partial charge in [0.2, 0.25) is 0 Å². The van der Waals surface area contributed by atoms with Gasteiger partial charge in [-0.05, 0) is 47.5 Å². The molecule has 0 radical (unpaired) electrons. The lowest BCUT2D eigenvalue weighted by atomic mass is 10.1. The highest BCUT2D eigenvalue weighted by Gasteiger charge is 2.19. The number of hydrogen-bond acceptors (Lipinski definition) is 4. The van der Waals surface area contributed by atoms with Crippen molar-refractivity contribution in [2.24, 2.45) is 0 Å². The summed E-state index contributed by atoms with van der Waals surface area (Å²) in [6, 6.07) is 7.59. The molecule has 1 amide bonds. The molecule has 2 N–H and O–H groups in total. The highest BCUT2D eigenvalue weighted by Crippen LogP contribution is 2.27. The molecule has 0 aliphatic heterocycles. The molecule has 0 fully saturated rings. The molecule has 0 spiro atoms. The second kappa shape index (κ2) is 7.10. The van der Waals surface area contributed by atoms with Crippen LogP contribution in [-0.2, 0) is 11.1 Å². The van der Waals surface area contributed by atoms with Crippen LogP contribution in [0.1, 0.15) is 20.7 Å². The zero-order chi connectivity index (χ0) is 17.1. The number of rotatable bonds is 4. The molecule has 2 aromatic rings. The van der Waals surface area contributed by atoms with Crippen molar-refractivity contribution >= 4 is 51.8 Å². The summed E-state index contributed by atoms with van der Waals surface area (Å²) in [6.45, 7) is 0. The minimum Gasteiger partial charge on any atom is -0.768 e. The van der Waals surface area contributed by atoms with Gasteiger partial charge in [0.25, 0.3) is 5.91 Å². The van der Waals surface area contributed by atoms with E-state index in [1.807, 2.05) is 0 Å². The summed E-state index contributed by atoms with van der Waals surface area (Å²) in [7, 11) is 0. The summed E-state index contributed by atoms with van der Waals surface area (Å²) in [6.07, 6.45) is 0. The average Bonchev–Trinajstić information content (AvgIpc) is 2.49. The maximum atomic E-state index is 12.2. The van der Waals surface area contributed by atoms with Crippen LogP contribution in [0.25, 0.3) is 0 Å². The van der Waals surface area contributed by atoms with E-state index >= 15 is 0 Å². The molecular formula is C14H8Cl2NO5S-. The van der Waals surface area contributed by atoms with Crippen molar-refractivity contribution in [1.82, 2.24) is 0 Å². The molecular weight excluding hydrogens is 365 g/mol. The van der Waals surface area contributed by atoms with Crippen LogP contribution < -0.4 is 5.32 Å². The summed E-state index contributed by atoms with van der Waals surface area (Å²) in [5.74, 6) is -2.04. The van der Waals surface area contributed by atoms with Gasteiger partial charge in [0.15, 0.2) is 0 Å². The first-order valence-electron chi connectivity index (χ1n) is 6.02. The van der Waals surface area contributed by atoms with E-state index in [-0.39, 0.29) is 26.1 Å². The van der Waals surface area contributed by atoms with Gasteiger partial charge in [-0.25, -0.2) is 4.79 Å². The second-order valence-electron chi connectivity index (χ2n) is 4.33. The lowest BCUT2D eigenvalue weighted by Crippen LogP contribution is -2.16. The van der Waals surface area contributed by atoms with Gasteiger partial charge in [-0.2, -0.15) is 0 Å². The lowest BCUT2D eigenvalue weighted by molar-refractivity contribution is 0.0692. The Bertz CT molecular complexity index is 808. The van der Waals surface area contributed by atoms with Crippen molar-refractivity contribution in [1.29, 1.82) is 0 Å². The van der Waals surface area contributed by atoms with Gasteiger partial charge in [0.05, 0.1) is 21.2 Å². The molecule has 9 heteroatoms. The number of carboxylic acid groups (broad SMARTS) is 1. The van der Waals surface area contributed by atoms with E-state index in [4.69, 9.17) is 28.3 Å². The van der Waals surface area contributed by atoms with Gasteiger partial charge < -0.3 is 15.0 Å². The topological polar surface area (TPSA) is 107 Å². The summed E-state index contributed by atoms with van der Waals surface area (Å²) in [5.41, 5.74) is -0.163. The Morgan fingerprint density at radius 2 is 1.57 bits per heavy atom. The van der Waals surface area contributed by atoms with Gasteiger partial charge in [0, 0.05) is 10.6 Å². The smallest absolute Gasteiger partial charge is 0.336 e. The van der Waals surface area contributed by atoms with E-state index in [1.165, 1.54) is 24.3 Å². The van der Waals surface area contributed by atoms with Crippen LogP contribution in [0.5, 0.6) is 0 Å². The number of carbonyl (C=O) groups is 2. The van der Waals surface area contributed by atoms with Gasteiger partial charge in [-0.3, -0.25) is 9.00 Å². The van der Waals surface area contributed by atoms with E-state index < -0.39 is 23.0 Å². The number of nitrogens with one attached hydrogen (secondary N) is 1. The quantitative estimate of drug-likeness (QED) is 0.801. The van der Waals surface area contributed by atoms with Crippen molar-refractivity contribution in [3.63, 3.8) is 0 Å². The van der Waals surface area contributed by atoms with Gasteiger partial charge in [-0.1, -0.05) is 23.2 Å². The first kappa shape index (κ1) is 17.4. The van der Waals surface area contributed by atoms with Crippen LogP contribution in [0.3, 0.4) is 0 Å². The van der Waals surface area contributed by atoms with E-state index in [1.54, 1.807) is 0 Å². The van der Waals surface area contributed by atoms with Crippen molar-refractivity contribution in [3.05, 3.63) is 57.6 Å². The number of benzene rings is 2. The molecule has 23 heavy (non-hydrogen) atoms. The van der Waals surface area contributed by atoms with E-state index in [9.17, 15) is 18.4 Å². The number of aromatic carboxylic acids is 1. The van der Waals surface area contributed by atoms with Gasteiger partial charge >= 0.3 is 5.97 Å². The minimum atomic E-state index is -2.37. The third-order valence-corrected chi connectivity index (χ3v) is 4.22. The van der Waals surface area contributed by atoms with Crippen LogP contribution in [0.15, 0.2) is 41.3 Å². The first-order valence-corrected chi connectivity index (χ1v) is 7.85. The Balaban J connectivity index is 2.32. The maximum absolute atomic E-state index is 12.2. The summed E-state index contributed by atoms with van der Waals surface area (Å²) < 4.78 is 21.5. The van der Waals surface area contributed by atoms with Crippen molar-refractivity contribution in [3.8, 4) is 0 Å². The molecule has 0 saturated heterocycles. The van der Waals surface area contributed by atoms with E-state index in [0.29, 0.717) is 5.69 Å². The number of carboxylic acids is 1. The third-order valence-electron chi connectivity index (χ3n) is 2.84. The predicted molar refractivity (Wildman–Crippen MR) is 85.0 cm³/mol. The molecule has 2 aromatic carbocycles. The number of carbonyl (C=O) groups excluding carboxylic acids is 1. The fourth-order valence-corrected chi connectivity index (χ4v) is 2.45. The number of hydrogen-bond donors (Lipinski definition) is 2. The van der Waals surface area contributed by atoms with E-state index in [2.05, 4.69) is 5.32 Å². The van der Waals surface area contributed by atoms with Crippen LogP contribution in [0.4, 0.5) is 5.69 Å². The van der Waals surface area contributed by atoms with Crippen molar-refractivity contribution < 1.29 is 23.5 Å². The van der Waals surface area contributed by atoms with Crippen LogP contribution in [0.2, 0.25) is 10.0 Å². The van der Waals surface area contributed by atoms with Gasteiger partial charge in [-0.15, -0.1) is 0 Å². The Morgan fingerprint density at radius 1 is 1.04 bits per heavy atom. The first-order chi connectivity index (χ1) is 10.8. The monoisotopic (exact) mass is 372 g/mol. The summed E-state index contributed by atoms with van der Waals surface area (Å²) in [5, 5.41) is 11.7. The Kier molecular flexibility index (Phi) is 5.38.